The first-order valence-corrected chi connectivity index (χ1v) is 10.9. The van der Waals surface area contributed by atoms with Gasteiger partial charge in [-0.2, -0.15) is 0 Å². The van der Waals surface area contributed by atoms with E-state index in [4.69, 9.17) is 4.74 Å². The molecule has 6 nitrogen and oxygen atoms in total. The Kier molecular flexibility index (Phi) is 6.17. The summed E-state index contributed by atoms with van der Waals surface area (Å²) in [6, 6.07) is 17.6. The lowest BCUT2D eigenvalue weighted by Gasteiger charge is -2.10. The van der Waals surface area contributed by atoms with E-state index in [-0.39, 0.29) is 11.8 Å². The molecule has 30 heavy (non-hydrogen) atoms. The van der Waals surface area contributed by atoms with E-state index in [2.05, 4.69) is 15.6 Å². The third-order valence-corrected chi connectivity index (χ3v) is 5.59. The number of rotatable bonds is 7. The first kappa shape index (κ1) is 19.8. The van der Waals surface area contributed by atoms with Crippen LogP contribution in [0.1, 0.15) is 25.7 Å². The van der Waals surface area contributed by atoms with Gasteiger partial charge in [-0.25, -0.2) is 4.98 Å². The zero-order chi connectivity index (χ0) is 20.8. The maximum Gasteiger partial charge on any atom is 0.265 e. The zero-order valence-electron chi connectivity index (χ0n) is 15.7. The number of thiophene rings is 1. The van der Waals surface area contributed by atoms with Crippen molar-refractivity contribution in [1.29, 1.82) is 0 Å². The van der Waals surface area contributed by atoms with Gasteiger partial charge < -0.3 is 15.4 Å². The van der Waals surface area contributed by atoms with Crippen LogP contribution in [0, 0.1) is 0 Å². The van der Waals surface area contributed by atoms with E-state index >= 15 is 0 Å². The largest absolute Gasteiger partial charge is 0.487 e. The van der Waals surface area contributed by atoms with Gasteiger partial charge in [-0.3, -0.25) is 9.59 Å². The van der Waals surface area contributed by atoms with Crippen molar-refractivity contribution in [3.63, 3.8) is 0 Å². The highest BCUT2D eigenvalue weighted by Gasteiger charge is 2.10. The molecule has 0 saturated heterocycles. The molecule has 0 fully saturated rings. The van der Waals surface area contributed by atoms with Gasteiger partial charge in [-0.15, -0.1) is 22.7 Å². The molecule has 0 aliphatic carbocycles. The standard InChI is InChI=1S/C22H17N3O3S2/c26-21(15-4-1-7-19(10-15)28-12-18-13-29-14-23-18)24-16-5-2-6-17(11-16)25-22(27)20-8-3-9-30-20/h1-11,13-14H,12H2,(H,24,26)(H,25,27). The first-order valence-electron chi connectivity index (χ1n) is 9.03. The van der Waals surface area contributed by atoms with Gasteiger partial charge in [0, 0.05) is 22.3 Å². The number of thiazole rings is 1. The Bertz CT molecular complexity index is 1140. The summed E-state index contributed by atoms with van der Waals surface area (Å²) >= 11 is 2.88. The second-order valence-corrected chi connectivity index (χ2v) is 7.93. The van der Waals surface area contributed by atoms with Crippen molar-refractivity contribution in [3.05, 3.63) is 93.1 Å². The van der Waals surface area contributed by atoms with Gasteiger partial charge in [0.2, 0.25) is 0 Å². The summed E-state index contributed by atoms with van der Waals surface area (Å²) in [6.45, 7) is 0.348. The average Bonchev–Trinajstić information content (AvgIpc) is 3.47. The number of aromatic nitrogens is 1. The number of amides is 2. The molecule has 8 heteroatoms. The normalized spacial score (nSPS) is 10.4. The fourth-order valence-corrected chi connectivity index (χ4v) is 3.83. The molecule has 0 aliphatic rings. The molecule has 2 N–H and O–H groups in total. The number of nitrogens with one attached hydrogen (secondary N) is 2. The summed E-state index contributed by atoms with van der Waals surface area (Å²) in [5.41, 5.74) is 4.25. The minimum absolute atomic E-state index is 0.182. The van der Waals surface area contributed by atoms with Crippen LogP contribution in [0.25, 0.3) is 0 Å². The van der Waals surface area contributed by atoms with Crippen molar-refractivity contribution in [3.8, 4) is 5.75 Å². The molecule has 0 aliphatic heterocycles. The zero-order valence-corrected chi connectivity index (χ0v) is 17.3. The second kappa shape index (κ2) is 9.34. The van der Waals surface area contributed by atoms with E-state index in [0.29, 0.717) is 34.2 Å². The summed E-state index contributed by atoms with van der Waals surface area (Å²) in [6.07, 6.45) is 0. The minimum Gasteiger partial charge on any atom is -0.487 e. The summed E-state index contributed by atoms with van der Waals surface area (Å²) in [7, 11) is 0. The monoisotopic (exact) mass is 435 g/mol. The molecule has 2 aromatic carbocycles. The van der Waals surface area contributed by atoms with Crippen LogP contribution in [0.3, 0.4) is 0 Å². The molecule has 0 spiro atoms. The van der Waals surface area contributed by atoms with Gasteiger partial charge in [0.05, 0.1) is 16.1 Å². The number of nitrogens with zero attached hydrogens (tertiary/aromatic N) is 1. The molecule has 4 aromatic rings. The maximum atomic E-state index is 12.7. The summed E-state index contributed by atoms with van der Waals surface area (Å²) in [5, 5.41) is 9.45. The molecule has 150 valence electrons. The second-order valence-electron chi connectivity index (χ2n) is 6.26. The predicted molar refractivity (Wildman–Crippen MR) is 120 cm³/mol. The number of ether oxygens (including phenoxy) is 1. The molecule has 2 heterocycles. The molecule has 0 radical (unpaired) electrons. The summed E-state index contributed by atoms with van der Waals surface area (Å²) in [4.78, 5) is 29.7. The Labute approximate surface area is 181 Å². The van der Waals surface area contributed by atoms with Gasteiger partial charge >= 0.3 is 0 Å². The Hall–Kier alpha value is -3.49. The van der Waals surface area contributed by atoms with Crippen molar-refractivity contribution in [2.45, 2.75) is 6.61 Å². The van der Waals surface area contributed by atoms with Crippen LogP contribution in [-0.2, 0) is 6.61 Å². The smallest absolute Gasteiger partial charge is 0.265 e. The molecule has 2 amide bonds. The Morgan fingerprint density at radius 1 is 0.933 bits per heavy atom. The number of benzene rings is 2. The fraction of sp³-hybridized carbons (Fsp3) is 0.0455. The molecule has 0 atom stereocenters. The Balaban J connectivity index is 1.40. The molecular formula is C22H17N3O3S2. The molecule has 0 bridgehead atoms. The predicted octanol–water partition coefficient (Wildman–Crippen LogP) is 5.29. The van der Waals surface area contributed by atoms with Gasteiger partial charge in [0.1, 0.15) is 12.4 Å². The lowest BCUT2D eigenvalue weighted by molar-refractivity contribution is 0.102. The Morgan fingerprint density at radius 3 is 2.47 bits per heavy atom. The van der Waals surface area contributed by atoms with Crippen LogP contribution in [-0.4, -0.2) is 16.8 Å². The van der Waals surface area contributed by atoms with Gasteiger partial charge in [0.25, 0.3) is 11.8 Å². The Morgan fingerprint density at radius 2 is 1.73 bits per heavy atom. The van der Waals surface area contributed by atoms with E-state index in [0.717, 1.165) is 5.69 Å². The summed E-state index contributed by atoms with van der Waals surface area (Å²) in [5.74, 6) is 0.141. The van der Waals surface area contributed by atoms with Crippen LogP contribution in [0.4, 0.5) is 11.4 Å². The molecule has 0 unspecified atom stereocenters. The molecule has 2 aromatic heterocycles. The van der Waals surface area contributed by atoms with Crippen LogP contribution in [0.5, 0.6) is 5.75 Å². The third-order valence-electron chi connectivity index (χ3n) is 4.09. The van der Waals surface area contributed by atoms with Gasteiger partial charge in [0.15, 0.2) is 0 Å². The highest BCUT2D eigenvalue weighted by atomic mass is 32.1. The number of carbonyl (C=O) groups excluding carboxylic acids is 2. The van der Waals surface area contributed by atoms with Crippen molar-refractivity contribution in [2.75, 3.05) is 10.6 Å². The number of carbonyl (C=O) groups is 2. The van der Waals surface area contributed by atoms with Crippen molar-refractivity contribution in [2.24, 2.45) is 0 Å². The molecular weight excluding hydrogens is 418 g/mol. The highest BCUT2D eigenvalue weighted by Crippen LogP contribution is 2.20. The van der Waals surface area contributed by atoms with Crippen molar-refractivity contribution >= 4 is 45.9 Å². The molecule has 4 rings (SSSR count). The van der Waals surface area contributed by atoms with Crippen LogP contribution < -0.4 is 15.4 Å². The van der Waals surface area contributed by atoms with Crippen molar-refractivity contribution < 1.29 is 14.3 Å². The highest BCUT2D eigenvalue weighted by molar-refractivity contribution is 7.12. The van der Waals surface area contributed by atoms with E-state index in [9.17, 15) is 9.59 Å². The van der Waals surface area contributed by atoms with Crippen molar-refractivity contribution in [1.82, 2.24) is 4.98 Å². The lowest BCUT2D eigenvalue weighted by atomic mass is 10.2. The quantitative estimate of drug-likeness (QED) is 0.413. The van der Waals surface area contributed by atoms with E-state index in [1.165, 1.54) is 22.7 Å². The number of hydrogen-bond donors (Lipinski definition) is 2. The maximum absolute atomic E-state index is 12.7. The van der Waals surface area contributed by atoms with Crippen LogP contribution in [0.2, 0.25) is 0 Å². The van der Waals surface area contributed by atoms with E-state index in [1.807, 2.05) is 16.8 Å². The topological polar surface area (TPSA) is 80.3 Å². The number of hydrogen-bond acceptors (Lipinski definition) is 6. The first-order chi connectivity index (χ1) is 14.7. The van der Waals surface area contributed by atoms with Gasteiger partial charge in [-0.05, 0) is 47.8 Å². The average molecular weight is 436 g/mol. The third kappa shape index (κ3) is 5.11. The number of anilines is 2. The lowest BCUT2D eigenvalue weighted by Crippen LogP contribution is -2.13. The minimum atomic E-state index is -0.268. The summed E-state index contributed by atoms with van der Waals surface area (Å²) < 4.78 is 5.71. The van der Waals surface area contributed by atoms with E-state index < -0.39 is 0 Å². The van der Waals surface area contributed by atoms with Gasteiger partial charge in [-0.1, -0.05) is 18.2 Å². The van der Waals surface area contributed by atoms with Crippen LogP contribution in [0.15, 0.2) is 76.9 Å². The van der Waals surface area contributed by atoms with E-state index in [1.54, 1.807) is 60.1 Å². The van der Waals surface area contributed by atoms with Crippen LogP contribution >= 0.6 is 22.7 Å². The SMILES string of the molecule is O=C(Nc1cccc(NC(=O)c2cccs2)c1)c1cccc(OCc2cscn2)c1. The fourth-order valence-electron chi connectivity index (χ4n) is 2.67. The molecule has 0 saturated carbocycles.